The zero-order valence-electron chi connectivity index (χ0n) is 11.1. The molecule has 0 bridgehead atoms. The summed E-state index contributed by atoms with van der Waals surface area (Å²) < 4.78 is 0. The van der Waals surface area contributed by atoms with Crippen molar-refractivity contribution in [3.8, 4) is 10.6 Å². The lowest BCUT2D eigenvalue weighted by Gasteiger charge is -2.29. The van der Waals surface area contributed by atoms with E-state index in [4.69, 9.17) is 11.6 Å². The van der Waals surface area contributed by atoms with E-state index in [1.165, 1.54) is 0 Å². The van der Waals surface area contributed by atoms with Crippen molar-refractivity contribution >= 4 is 22.9 Å². The lowest BCUT2D eigenvalue weighted by Crippen LogP contribution is -2.37. The summed E-state index contributed by atoms with van der Waals surface area (Å²) in [6.45, 7) is 2.59. The Hall–Kier alpha value is -0.940. The summed E-state index contributed by atoms with van der Waals surface area (Å²) in [6.07, 6.45) is 1.78. The average molecular weight is 309 g/mol. The van der Waals surface area contributed by atoms with Gasteiger partial charge >= 0.3 is 0 Å². The van der Waals surface area contributed by atoms with E-state index < -0.39 is 0 Å². The van der Waals surface area contributed by atoms with Gasteiger partial charge in [-0.2, -0.15) is 0 Å². The summed E-state index contributed by atoms with van der Waals surface area (Å²) in [4.78, 5) is 6.93. The largest absolute Gasteiger partial charge is 0.392 e. The van der Waals surface area contributed by atoms with E-state index in [-0.39, 0.29) is 6.10 Å². The number of hydrogen-bond donors (Lipinski definition) is 1. The van der Waals surface area contributed by atoms with E-state index in [1.807, 2.05) is 24.3 Å². The van der Waals surface area contributed by atoms with Crippen LogP contribution in [0.4, 0.5) is 0 Å². The number of hydrogen-bond acceptors (Lipinski definition) is 4. The standard InChI is InChI=1S/C15H17ClN2OS/c16-14-6-2-1-5-13(14)15-17-11(10-20-15)8-18-7-3-4-12(19)9-18/h1-2,5-6,10,12,19H,3-4,7-9H2. The molecule has 20 heavy (non-hydrogen) atoms. The molecule has 0 amide bonds. The van der Waals surface area contributed by atoms with E-state index in [0.717, 1.165) is 53.8 Å². The molecule has 1 N–H and O–H groups in total. The van der Waals surface area contributed by atoms with E-state index in [2.05, 4.69) is 15.3 Å². The Balaban J connectivity index is 1.72. The molecule has 1 saturated heterocycles. The van der Waals surface area contributed by atoms with Crippen molar-refractivity contribution in [3.05, 3.63) is 40.4 Å². The highest BCUT2D eigenvalue weighted by Crippen LogP contribution is 2.30. The number of rotatable bonds is 3. The van der Waals surface area contributed by atoms with Crippen LogP contribution >= 0.6 is 22.9 Å². The second-order valence-electron chi connectivity index (χ2n) is 5.16. The number of piperidine rings is 1. The minimum absolute atomic E-state index is 0.189. The first kappa shape index (κ1) is 14.0. The van der Waals surface area contributed by atoms with Crippen LogP contribution in [-0.2, 0) is 6.54 Å². The number of β-amino-alcohol motifs (C(OH)–C–C–N with tert-alkyl or cyclic N) is 1. The molecule has 1 fully saturated rings. The number of benzene rings is 1. The molecule has 3 rings (SSSR count). The van der Waals surface area contributed by atoms with Crippen LogP contribution in [0.1, 0.15) is 18.5 Å². The molecule has 0 radical (unpaired) electrons. The third-order valence-electron chi connectivity index (χ3n) is 3.52. The van der Waals surface area contributed by atoms with Gasteiger partial charge in [-0.3, -0.25) is 4.90 Å². The van der Waals surface area contributed by atoms with Gasteiger partial charge in [0.25, 0.3) is 0 Å². The van der Waals surface area contributed by atoms with Gasteiger partial charge in [0, 0.05) is 24.0 Å². The minimum atomic E-state index is -0.189. The van der Waals surface area contributed by atoms with E-state index in [9.17, 15) is 5.11 Å². The molecule has 106 valence electrons. The first-order valence-electron chi connectivity index (χ1n) is 6.82. The first-order valence-corrected chi connectivity index (χ1v) is 8.08. The molecule has 0 spiro atoms. The van der Waals surface area contributed by atoms with Gasteiger partial charge in [0.15, 0.2) is 0 Å². The molecular weight excluding hydrogens is 292 g/mol. The maximum atomic E-state index is 9.70. The van der Waals surface area contributed by atoms with Crippen molar-refractivity contribution < 1.29 is 5.11 Å². The molecule has 3 nitrogen and oxygen atoms in total. The van der Waals surface area contributed by atoms with Crippen LogP contribution in [0.25, 0.3) is 10.6 Å². The van der Waals surface area contributed by atoms with Gasteiger partial charge in [-0.15, -0.1) is 11.3 Å². The summed E-state index contributed by atoms with van der Waals surface area (Å²) in [6, 6.07) is 7.79. The molecule has 1 aromatic carbocycles. The van der Waals surface area contributed by atoms with Gasteiger partial charge in [0.1, 0.15) is 5.01 Å². The summed E-state index contributed by atoms with van der Waals surface area (Å²) in [5.41, 5.74) is 2.04. The number of aliphatic hydroxyl groups is 1. The number of halogens is 1. The normalized spacial score (nSPS) is 20.2. The number of aromatic nitrogens is 1. The number of nitrogens with zero attached hydrogens (tertiary/aromatic N) is 2. The highest BCUT2D eigenvalue weighted by molar-refractivity contribution is 7.13. The summed E-state index contributed by atoms with van der Waals surface area (Å²) in [7, 11) is 0. The fourth-order valence-corrected chi connectivity index (χ4v) is 3.67. The van der Waals surface area contributed by atoms with Crippen LogP contribution in [0, 0.1) is 0 Å². The number of thiazole rings is 1. The fourth-order valence-electron chi connectivity index (χ4n) is 2.54. The molecule has 2 heterocycles. The molecule has 1 aliphatic heterocycles. The second-order valence-corrected chi connectivity index (χ2v) is 6.42. The third kappa shape index (κ3) is 3.20. The van der Waals surface area contributed by atoms with Crippen molar-refractivity contribution in [2.24, 2.45) is 0 Å². The van der Waals surface area contributed by atoms with Crippen molar-refractivity contribution in [1.29, 1.82) is 0 Å². The predicted molar refractivity (Wildman–Crippen MR) is 83.1 cm³/mol. The Labute approximate surface area is 127 Å². The van der Waals surface area contributed by atoms with Crippen LogP contribution in [0.15, 0.2) is 29.6 Å². The Morgan fingerprint density at radius 1 is 1.40 bits per heavy atom. The van der Waals surface area contributed by atoms with Crippen molar-refractivity contribution in [3.63, 3.8) is 0 Å². The zero-order valence-corrected chi connectivity index (χ0v) is 12.7. The van der Waals surface area contributed by atoms with Gasteiger partial charge in [-0.25, -0.2) is 4.98 Å². The minimum Gasteiger partial charge on any atom is -0.392 e. The van der Waals surface area contributed by atoms with Crippen LogP contribution < -0.4 is 0 Å². The molecule has 1 atom stereocenters. The highest BCUT2D eigenvalue weighted by Gasteiger charge is 2.18. The van der Waals surface area contributed by atoms with E-state index in [0.29, 0.717) is 0 Å². The molecule has 0 saturated carbocycles. The maximum absolute atomic E-state index is 9.70. The van der Waals surface area contributed by atoms with Gasteiger partial charge < -0.3 is 5.11 Å². The lowest BCUT2D eigenvalue weighted by atomic mass is 10.1. The molecular formula is C15H17ClN2OS. The van der Waals surface area contributed by atoms with Crippen molar-refractivity contribution in [2.45, 2.75) is 25.5 Å². The smallest absolute Gasteiger partial charge is 0.125 e. The maximum Gasteiger partial charge on any atom is 0.125 e. The third-order valence-corrected chi connectivity index (χ3v) is 4.78. The van der Waals surface area contributed by atoms with Gasteiger partial charge in [-0.1, -0.05) is 29.8 Å². The Morgan fingerprint density at radius 3 is 3.05 bits per heavy atom. The highest BCUT2D eigenvalue weighted by atomic mass is 35.5. The second kappa shape index (κ2) is 6.22. The Bertz CT molecular complexity index is 587. The van der Waals surface area contributed by atoms with Gasteiger partial charge in [-0.05, 0) is 25.5 Å². The monoisotopic (exact) mass is 308 g/mol. The fraction of sp³-hybridized carbons (Fsp3) is 0.400. The SMILES string of the molecule is OC1CCCN(Cc2csc(-c3ccccc3Cl)n2)C1. The molecule has 1 unspecified atom stereocenters. The Kier molecular flexibility index (Phi) is 4.36. The van der Waals surface area contributed by atoms with E-state index >= 15 is 0 Å². The zero-order chi connectivity index (χ0) is 13.9. The van der Waals surface area contributed by atoms with Crippen LogP contribution in [0.2, 0.25) is 5.02 Å². The first-order chi connectivity index (χ1) is 9.72. The van der Waals surface area contributed by atoms with Crippen molar-refractivity contribution in [1.82, 2.24) is 9.88 Å². The van der Waals surface area contributed by atoms with Crippen LogP contribution in [0.5, 0.6) is 0 Å². The molecule has 0 aliphatic carbocycles. The molecule has 1 aliphatic rings. The number of likely N-dealkylation sites (tertiary alicyclic amines) is 1. The molecule has 5 heteroatoms. The van der Waals surface area contributed by atoms with Crippen LogP contribution in [-0.4, -0.2) is 34.2 Å². The average Bonchev–Trinajstić information content (AvgIpc) is 2.87. The van der Waals surface area contributed by atoms with Gasteiger partial charge in [0.05, 0.1) is 16.8 Å². The van der Waals surface area contributed by atoms with Crippen LogP contribution in [0.3, 0.4) is 0 Å². The summed E-state index contributed by atoms with van der Waals surface area (Å²) >= 11 is 7.82. The summed E-state index contributed by atoms with van der Waals surface area (Å²) in [5, 5.41) is 13.5. The molecule has 1 aromatic heterocycles. The van der Waals surface area contributed by atoms with Crippen molar-refractivity contribution in [2.75, 3.05) is 13.1 Å². The van der Waals surface area contributed by atoms with E-state index in [1.54, 1.807) is 11.3 Å². The number of aliphatic hydroxyl groups excluding tert-OH is 1. The predicted octanol–water partition coefficient (Wildman–Crippen LogP) is 3.42. The quantitative estimate of drug-likeness (QED) is 0.944. The Morgan fingerprint density at radius 2 is 2.25 bits per heavy atom. The molecule has 2 aromatic rings. The summed E-state index contributed by atoms with van der Waals surface area (Å²) in [5.74, 6) is 0. The van der Waals surface area contributed by atoms with Gasteiger partial charge in [0.2, 0.25) is 0 Å². The lowest BCUT2D eigenvalue weighted by molar-refractivity contribution is 0.0663. The topological polar surface area (TPSA) is 36.4 Å².